The summed E-state index contributed by atoms with van der Waals surface area (Å²) in [5.74, 6) is 0.717. The third kappa shape index (κ3) is 7.06. The van der Waals surface area contributed by atoms with Gasteiger partial charge in [-0.2, -0.15) is 0 Å². The van der Waals surface area contributed by atoms with E-state index >= 15 is 0 Å². The van der Waals surface area contributed by atoms with E-state index in [2.05, 4.69) is 76.1 Å². The SMILES string of the molecule is CC(C)CN(C)Cc1ccccc1CCNC(C)(C)C. The van der Waals surface area contributed by atoms with E-state index in [0.29, 0.717) is 0 Å². The molecule has 1 aromatic carbocycles. The summed E-state index contributed by atoms with van der Waals surface area (Å²) in [6.45, 7) is 14.4. The van der Waals surface area contributed by atoms with Gasteiger partial charge in [0, 0.05) is 18.6 Å². The van der Waals surface area contributed by atoms with Crippen molar-refractivity contribution < 1.29 is 0 Å². The van der Waals surface area contributed by atoms with Gasteiger partial charge in [0.2, 0.25) is 0 Å². The Morgan fingerprint density at radius 2 is 1.70 bits per heavy atom. The Labute approximate surface area is 125 Å². The molecule has 0 heterocycles. The number of benzene rings is 1. The average Bonchev–Trinajstić information content (AvgIpc) is 2.28. The molecule has 0 fully saturated rings. The van der Waals surface area contributed by atoms with Gasteiger partial charge in [-0.3, -0.25) is 0 Å². The maximum Gasteiger partial charge on any atom is 0.0233 e. The third-order valence-corrected chi connectivity index (χ3v) is 3.29. The minimum absolute atomic E-state index is 0.198. The first-order chi connectivity index (χ1) is 9.28. The van der Waals surface area contributed by atoms with E-state index in [1.807, 2.05) is 0 Å². The fraction of sp³-hybridized carbons (Fsp3) is 0.667. The molecule has 0 saturated heterocycles. The van der Waals surface area contributed by atoms with Gasteiger partial charge < -0.3 is 10.2 Å². The standard InChI is InChI=1S/C18H32N2/c1-15(2)13-20(6)14-17-10-8-7-9-16(17)11-12-19-18(3,4)5/h7-10,15,19H,11-14H2,1-6H3. The molecule has 0 aliphatic rings. The fourth-order valence-electron chi connectivity index (χ4n) is 2.51. The summed E-state index contributed by atoms with van der Waals surface area (Å²) in [7, 11) is 2.21. The lowest BCUT2D eigenvalue weighted by Gasteiger charge is -2.23. The van der Waals surface area contributed by atoms with Crippen LogP contribution in [-0.4, -0.2) is 30.6 Å². The van der Waals surface area contributed by atoms with Gasteiger partial charge in [-0.1, -0.05) is 38.1 Å². The molecular weight excluding hydrogens is 244 g/mol. The molecule has 2 heteroatoms. The van der Waals surface area contributed by atoms with Crippen LogP contribution in [0.15, 0.2) is 24.3 Å². The first kappa shape index (κ1) is 17.2. The molecule has 0 spiro atoms. The lowest BCUT2D eigenvalue weighted by molar-refractivity contribution is 0.287. The second-order valence-electron chi connectivity index (χ2n) is 7.29. The Morgan fingerprint density at radius 1 is 1.10 bits per heavy atom. The summed E-state index contributed by atoms with van der Waals surface area (Å²) in [5, 5.41) is 3.57. The first-order valence-corrected chi connectivity index (χ1v) is 7.78. The Bertz CT molecular complexity index is 391. The Balaban J connectivity index is 2.59. The van der Waals surface area contributed by atoms with Crippen molar-refractivity contribution in [3.8, 4) is 0 Å². The van der Waals surface area contributed by atoms with Crippen LogP contribution in [0.3, 0.4) is 0 Å². The molecule has 20 heavy (non-hydrogen) atoms. The quantitative estimate of drug-likeness (QED) is 0.817. The molecule has 1 N–H and O–H groups in total. The van der Waals surface area contributed by atoms with Crippen LogP contribution in [0.5, 0.6) is 0 Å². The highest BCUT2D eigenvalue weighted by Gasteiger charge is 2.10. The number of nitrogens with zero attached hydrogens (tertiary/aromatic N) is 1. The Hall–Kier alpha value is -0.860. The predicted molar refractivity (Wildman–Crippen MR) is 89.1 cm³/mol. The molecule has 0 aliphatic carbocycles. The lowest BCUT2D eigenvalue weighted by atomic mass is 10.0. The highest BCUT2D eigenvalue weighted by molar-refractivity contribution is 5.27. The molecule has 114 valence electrons. The summed E-state index contributed by atoms with van der Waals surface area (Å²) in [4.78, 5) is 2.42. The summed E-state index contributed by atoms with van der Waals surface area (Å²) in [5.41, 5.74) is 3.13. The van der Waals surface area contributed by atoms with Crippen molar-refractivity contribution in [1.29, 1.82) is 0 Å². The lowest BCUT2D eigenvalue weighted by Crippen LogP contribution is -2.37. The van der Waals surface area contributed by atoms with Gasteiger partial charge in [-0.25, -0.2) is 0 Å². The van der Waals surface area contributed by atoms with Crippen LogP contribution in [0.4, 0.5) is 0 Å². The van der Waals surface area contributed by atoms with E-state index in [1.54, 1.807) is 0 Å². The van der Waals surface area contributed by atoms with Crippen LogP contribution in [0.1, 0.15) is 45.7 Å². The zero-order valence-corrected chi connectivity index (χ0v) is 14.2. The summed E-state index contributed by atoms with van der Waals surface area (Å²) in [6, 6.07) is 8.84. The molecule has 1 aromatic rings. The van der Waals surface area contributed by atoms with Crippen molar-refractivity contribution >= 4 is 0 Å². The molecule has 0 saturated carbocycles. The van der Waals surface area contributed by atoms with E-state index < -0.39 is 0 Å². The molecule has 0 bridgehead atoms. The highest BCUT2D eigenvalue weighted by Crippen LogP contribution is 2.13. The van der Waals surface area contributed by atoms with Crippen molar-refractivity contribution in [3.63, 3.8) is 0 Å². The van der Waals surface area contributed by atoms with Crippen molar-refractivity contribution in [2.24, 2.45) is 5.92 Å². The van der Waals surface area contributed by atoms with Crippen molar-refractivity contribution in [2.45, 2.75) is 53.1 Å². The maximum atomic E-state index is 3.57. The number of hydrogen-bond donors (Lipinski definition) is 1. The summed E-state index contributed by atoms with van der Waals surface area (Å²) >= 11 is 0. The normalized spacial score (nSPS) is 12.4. The molecule has 0 radical (unpaired) electrons. The second-order valence-corrected chi connectivity index (χ2v) is 7.29. The minimum atomic E-state index is 0.198. The molecule has 0 aliphatic heterocycles. The molecule has 0 unspecified atom stereocenters. The van der Waals surface area contributed by atoms with Crippen LogP contribution in [-0.2, 0) is 13.0 Å². The van der Waals surface area contributed by atoms with Gasteiger partial charge in [0.25, 0.3) is 0 Å². The van der Waals surface area contributed by atoms with Gasteiger partial charge in [-0.05, 0) is 57.8 Å². The van der Waals surface area contributed by atoms with Gasteiger partial charge in [-0.15, -0.1) is 0 Å². The molecule has 1 rings (SSSR count). The van der Waals surface area contributed by atoms with Crippen LogP contribution in [0.25, 0.3) is 0 Å². The van der Waals surface area contributed by atoms with E-state index in [0.717, 1.165) is 32.0 Å². The van der Waals surface area contributed by atoms with Crippen molar-refractivity contribution in [2.75, 3.05) is 20.1 Å². The van der Waals surface area contributed by atoms with Crippen LogP contribution >= 0.6 is 0 Å². The number of nitrogens with one attached hydrogen (secondary N) is 1. The first-order valence-electron chi connectivity index (χ1n) is 7.78. The summed E-state index contributed by atoms with van der Waals surface area (Å²) < 4.78 is 0. The second kappa shape index (κ2) is 7.80. The largest absolute Gasteiger partial charge is 0.312 e. The minimum Gasteiger partial charge on any atom is -0.312 e. The van der Waals surface area contributed by atoms with Gasteiger partial charge in [0.05, 0.1) is 0 Å². The molecule has 0 amide bonds. The van der Waals surface area contributed by atoms with Crippen molar-refractivity contribution in [3.05, 3.63) is 35.4 Å². The summed E-state index contributed by atoms with van der Waals surface area (Å²) in [6.07, 6.45) is 1.10. The van der Waals surface area contributed by atoms with Gasteiger partial charge >= 0.3 is 0 Å². The molecule has 0 aromatic heterocycles. The van der Waals surface area contributed by atoms with Crippen LogP contribution in [0.2, 0.25) is 0 Å². The van der Waals surface area contributed by atoms with Crippen molar-refractivity contribution in [1.82, 2.24) is 10.2 Å². The highest BCUT2D eigenvalue weighted by atomic mass is 15.1. The number of hydrogen-bond acceptors (Lipinski definition) is 2. The monoisotopic (exact) mass is 276 g/mol. The van der Waals surface area contributed by atoms with Gasteiger partial charge in [0.15, 0.2) is 0 Å². The topological polar surface area (TPSA) is 15.3 Å². The predicted octanol–water partition coefficient (Wildman–Crippen LogP) is 3.71. The average molecular weight is 276 g/mol. The fourth-order valence-corrected chi connectivity index (χ4v) is 2.51. The molecule has 0 atom stereocenters. The van der Waals surface area contributed by atoms with E-state index in [4.69, 9.17) is 0 Å². The number of rotatable bonds is 7. The van der Waals surface area contributed by atoms with E-state index in [1.165, 1.54) is 11.1 Å². The van der Waals surface area contributed by atoms with Gasteiger partial charge in [0.1, 0.15) is 0 Å². The maximum absolute atomic E-state index is 3.57. The zero-order chi connectivity index (χ0) is 15.2. The van der Waals surface area contributed by atoms with Crippen LogP contribution in [0, 0.1) is 5.92 Å². The zero-order valence-electron chi connectivity index (χ0n) is 14.2. The molecular formula is C18H32N2. The van der Waals surface area contributed by atoms with E-state index in [9.17, 15) is 0 Å². The smallest absolute Gasteiger partial charge is 0.0233 e. The Morgan fingerprint density at radius 3 is 2.25 bits per heavy atom. The van der Waals surface area contributed by atoms with E-state index in [-0.39, 0.29) is 5.54 Å². The third-order valence-electron chi connectivity index (χ3n) is 3.29. The Kier molecular flexibility index (Phi) is 6.70. The van der Waals surface area contributed by atoms with Crippen LogP contribution < -0.4 is 5.32 Å². The molecule has 2 nitrogen and oxygen atoms in total.